The number of aromatic nitrogens is 1. The normalized spacial score (nSPS) is 11.9. The van der Waals surface area contributed by atoms with Crippen LogP contribution >= 0.6 is 0 Å². The van der Waals surface area contributed by atoms with E-state index in [-0.39, 0.29) is 12.5 Å². The minimum absolute atomic E-state index is 0.0461. The maximum absolute atomic E-state index is 9.89. The lowest BCUT2D eigenvalue weighted by Gasteiger charge is -2.19. The second-order valence-electron chi connectivity index (χ2n) is 5.52. The molecule has 3 heteroatoms. The topological polar surface area (TPSA) is 45.2 Å². The van der Waals surface area contributed by atoms with E-state index < -0.39 is 0 Å². The highest BCUT2D eigenvalue weighted by Crippen LogP contribution is 2.29. The van der Waals surface area contributed by atoms with Crippen LogP contribution in [-0.2, 0) is 6.42 Å². The second-order valence-corrected chi connectivity index (χ2v) is 5.52. The van der Waals surface area contributed by atoms with E-state index in [0.29, 0.717) is 0 Å². The Morgan fingerprint density at radius 2 is 1.57 bits per heavy atom. The summed E-state index contributed by atoms with van der Waals surface area (Å²) in [5.41, 5.74) is 4.37. The molecule has 0 saturated carbocycles. The van der Waals surface area contributed by atoms with Gasteiger partial charge in [-0.1, -0.05) is 36.4 Å². The largest absolute Gasteiger partial charge is 0.396 e. The average Bonchev–Trinajstić information content (AvgIpc) is 2.62. The van der Waals surface area contributed by atoms with E-state index >= 15 is 0 Å². The predicted octanol–water partition coefficient (Wildman–Crippen LogP) is 4.14. The van der Waals surface area contributed by atoms with Crippen molar-refractivity contribution in [2.24, 2.45) is 0 Å². The fraction of sp³-hybridized carbons (Fsp3) is 0.150. The van der Waals surface area contributed by atoms with Crippen molar-refractivity contribution in [3.63, 3.8) is 0 Å². The Kier molecular flexibility index (Phi) is 5.02. The van der Waals surface area contributed by atoms with Crippen LogP contribution in [0.2, 0.25) is 0 Å². The summed E-state index contributed by atoms with van der Waals surface area (Å²) in [5.74, 6) is 0.0461. The molecule has 1 atom stereocenters. The van der Waals surface area contributed by atoms with Gasteiger partial charge < -0.3 is 10.4 Å². The van der Waals surface area contributed by atoms with E-state index in [1.807, 2.05) is 54.6 Å². The quantitative estimate of drug-likeness (QED) is 0.719. The third-order valence-corrected chi connectivity index (χ3v) is 3.91. The van der Waals surface area contributed by atoms with Crippen molar-refractivity contribution in [2.75, 3.05) is 11.9 Å². The zero-order valence-corrected chi connectivity index (χ0v) is 12.9. The maximum atomic E-state index is 9.89. The first-order valence-corrected chi connectivity index (χ1v) is 7.77. The van der Waals surface area contributed by atoms with Gasteiger partial charge in [-0.25, -0.2) is 0 Å². The van der Waals surface area contributed by atoms with Gasteiger partial charge in [-0.05, 0) is 47.9 Å². The molecule has 2 N–H and O–H groups in total. The molecule has 23 heavy (non-hydrogen) atoms. The molecule has 0 amide bonds. The number of nitrogens with zero attached hydrogens (tertiary/aromatic N) is 1. The highest BCUT2D eigenvalue weighted by atomic mass is 16.3. The zero-order chi connectivity index (χ0) is 15.9. The predicted molar refractivity (Wildman–Crippen MR) is 93.9 cm³/mol. The van der Waals surface area contributed by atoms with Gasteiger partial charge in [0, 0.05) is 29.7 Å². The smallest absolute Gasteiger partial charge is 0.0503 e. The Morgan fingerprint density at radius 1 is 0.870 bits per heavy atom. The Bertz CT molecular complexity index is 729. The number of pyridine rings is 1. The Hall–Kier alpha value is -2.65. The van der Waals surface area contributed by atoms with Gasteiger partial charge in [0.2, 0.25) is 0 Å². The van der Waals surface area contributed by atoms with E-state index in [1.54, 1.807) is 12.4 Å². The summed E-state index contributed by atoms with van der Waals surface area (Å²) in [6.45, 7) is 0.107. The Balaban J connectivity index is 1.86. The van der Waals surface area contributed by atoms with Crippen LogP contribution in [0.15, 0.2) is 79.1 Å². The summed E-state index contributed by atoms with van der Waals surface area (Å²) in [4.78, 5) is 4.05. The molecule has 0 aliphatic heterocycles. The molecule has 0 aliphatic rings. The average molecular weight is 304 g/mol. The van der Waals surface area contributed by atoms with E-state index in [2.05, 4.69) is 22.4 Å². The van der Waals surface area contributed by atoms with E-state index in [4.69, 9.17) is 0 Å². The van der Waals surface area contributed by atoms with Crippen LogP contribution in [0.3, 0.4) is 0 Å². The number of hydrogen-bond acceptors (Lipinski definition) is 3. The second kappa shape index (κ2) is 7.56. The Labute approximate surface area is 136 Å². The van der Waals surface area contributed by atoms with Gasteiger partial charge in [-0.15, -0.1) is 0 Å². The molecular formula is C20H20N2O. The van der Waals surface area contributed by atoms with Gasteiger partial charge in [0.15, 0.2) is 0 Å². The number of benzene rings is 2. The lowest BCUT2D eigenvalue weighted by Crippen LogP contribution is -2.10. The molecule has 0 radical (unpaired) electrons. The zero-order valence-electron chi connectivity index (χ0n) is 12.9. The fourth-order valence-electron chi connectivity index (χ4n) is 2.72. The molecule has 0 bridgehead atoms. The van der Waals surface area contributed by atoms with Gasteiger partial charge in [-0.2, -0.15) is 0 Å². The molecule has 1 unspecified atom stereocenters. The van der Waals surface area contributed by atoms with Crippen molar-refractivity contribution in [1.29, 1.82) is 0 Å². The molecule has 1 aromatic heterocycles. The number of rotatable bonds is 6. The molecule has 3 nitrogen and oxygen atoms in total. The standard InChI is InChI=1S/C20H20N2O/c23-15-17(14-16-10-12-21-13-11-16)19-8-4-5-9-20(19)22-18-6-2-1-3-7-18/h1-13,17,22-23H,14-15H2. The first kappa shape index (κ1) is 15.3. The van der Waals surface area contributed by atoms with Gasteiger partial charge >= 0.3 is 0 Å². The van der Waals surface area contributed by atoms with Crippen LogP contribution in [0, 0.1) is 0 Å². The fourth-order valence-corrected chi connectivity index (χ4v) is 2.72. The minimum Gasteiger partial charge on any atom is -0.396 e. The Morgan fingerprint density at radius 3 is 2.30 bits per heavy atom. The summed E-state index contributed by atoms with van der Waals surface area (Å²) >= 11 is 0. The van der Waals surface area contributed by atoms with Gasteiger partial charge in [0.05, 0.1) is 6.61 Å². The van der Waals surface area contributed by atoms with Crippen LogP contribution < -0.4 is 5.32 Å². The maximum Gasteiger partial charge on any atom is 0.0503 e. The molecule has 116 valence electrons. The van der Waals surface area contributed by atoms with Gasteiger partial charge in [0.25, 0.3) is 0 Å². The molecule has 0 spiro atoms. The monoisotopic (exact) mass is 304 g/mol. The van der Waals surface area contributed by atoms with E-state index in [1.165, 1.54) is 5.56 Å². The molecule has 0 fully saturated rings. The highest BCUT2D eigenvalue weighted by Gasteiger charge is 2.15. The summed E-state index contributed by atoms with van der Waals surface area (Å²) < 4.78 is 0. The van der Waals surface area contributed by atoms with Crippen molar-refractivity contribution >= 4 is 11.4 Å². The summed E-state index contributed by atoms with van der Waals surface area (Å²) in [5, 5.41) is 13.3. The first-order valence-electron chi connectivity index (χ1n) is 7.77. The van der Waals surface area contributed by atoms with Crippen molar-refractivity contribution < 1.29 is 5.11 Å². The summed E-state index contributed by atoms with van der Waals surface area (Å²) in [7, 11) is 0. The van der Waals surface area contributed by atoms with Gasteiger partial charge in [0.1, 0.15) is 0 Å². The lowest BCUT2D eigenvalue weighted by molar-refractivity contribution is 0.265. The SMILES string of the molecule is OCC(Cc1ccncc1)c1ccccc1Nc1ccccc1. The third kappa shape index (κ3) is 3.96. The van der Waals surface area contributed by atoms with Crippen LogP contribution in [0.25, 0.3) is 0 Å². The molecule has 3 aromatic rings. The highest BCUT2D eigenvalue weighted by molar-refractivity contribution is 5.64. The van der Waals surface area contributed by atoms with Crippen LogP contribution in [0.5, 0.6) is 0 Å². The molecule has 1 heterocycles. The summed E-state index contributed by atoms with van der Waals surface area (Å²) in [6, 6.07) is 22.2. The molecule has 2 aromatic carbocycles. The van der Waals surface area contributed by atoms with E-state index in [9.17, 15) is 5.11 Å². The number of aliphatic hydroxyl groups is 1. The number of anilines is 2. The van der Waals surface area contributed by atoms with E-state index in [0.717, 1.165) is 23.4 Å². The lowest BCUT2D eigenvalue weighted by atomic mass is 9.91. The number of nitrogens with one attached hydrogen (secondary N) is 1. The van der Waals surface area contributed by atoms with Crippen LogP contribution in [-0.4, -0.2) is 16.7 Å². The third-order valence-electron chi connectivity index (χ3n) is 3.91. The molecule has 3 rings (SSSR count). The number of para-hydroxylation sites is 2. The minimum atomic E-state index is 0.0461. The molecule has 0 saturated heterocycles. The molecule has 0 aliphatic carbocycles. The van der Waals surface area contributed by atoms with Crippen molar-refractivity contribution in [3.05, 3.63) is 90.3 Å². The molecular weight excluding hydrogens is 284 g/mol. The van der Waals surface area contributed by atoms with Crippen LogP contribution in [0.4, 0.5) is 11.4 Å². The number of hydrogen-bond donors (Lipinski definition) is 2. The van der Waals surface area contributed by atoms with Crippen molar-refractivity contribution in [1.82, 2.24) is 4.98 Å². The summed E-state index contributed by atoms with van der Waals surface area (Å²) in [6.07, 6.45) is 4.36. The van der Waals surface area contributed by atoms with Crippen LogP contribution in [0.1, 0.15) is 17.0 Å². The van der Waals surface area contributed by atoms with Crippen molar-refractivity contribution in [2.45, 2.75) is 12.3 Å². The van der Waals surface area contributed by atoms with Gasteiger partial charge in [-0.3, -0.25) is 4.98 Å². The number of aliphatic hydroxyl groups excluding tert-OH is 1. The first-order chi connectivity index (χ1) is 11.4. The van der Waals surface area contributed by atoms with Crippen molar-refractivity contribution in [3.8, 4) is 0 Å².